The fourth-order valence-electron chi connectivity index (χ4n) is 1.76. The van der Waals surface area contributed by atoms with E-state index < -0.39 is 0 Å². The van der Waals surface area contributed by atoms with Crippen molar-refractivity contribution in [2.24, 2.45) is 0 Å². The van der Waals surface area contributed by atoms with Crippen molar-refractivity contribution < 1.29 is 4.74 Å². The number of alkyl halides is 1. The van der Waals surface area contributed by atoms with Crippen molar-refractivity contribution in [3.05, 3.63) is 35.9 Å². The number of hydrogen-bond acceptors (Lipinski definition) is 1. The highest BCUT2D eigenvalue weighted by Crippen LogP contribution is 2.32. The second-order valence-electron chi connectivity index (χ2n) is 3.38. The zero-order valence-corrected chi connectivity index (χ0v) is 8.20. The van der Waals surface area contributed by atoms with E-state index in [4.69, 9.17) is 16.3 Å². The molecule has 1 aliphatic rings. The molecule has 1 saturated heterocycles. The fraction of sp³-hybridized carbons (Fsp3) is 0.455. The van der Waals surface area contributed by atoms with Crippen molar-refractivity contribution >= 4 is 11.6 Å². The molecule has 1 aromatic carbocycles. The van der Waals surface area contributed by atoms with E-state index >= 15 is 0 Å². The quantitative estimate of drug-likeness (QED) is 0.627. The van der Waals surface area contributed by atoms with Crippen LogP contribution in [0.1, 0.15) is 24.3 Å². The second-order valence-corrected chi connectivity index (χ2v) is 3.81. The topological polar surface area (TPSA) is 9.23 Å². The van der Waals surface area contributed by atoms with Crippen LogP contribution in [0.25, 0.3) is 0 Å². The van der Waals surface area contributed by atoms with Gasteiger partial charge in [-0.3, -0.25) is 0 Å². The van der Waals surface area contributed by atoms with E-state index in [-0.39, 0.29) is 5.56 Å². The van der Waals surface area contributed by atoms with Crippen molar-refractivity contribution in [2.45, 2.75) is 24.3 Å². The summed E-state index contributed by atoms with van der Waals surface area (Å²) in [6.45, 7) is 0.803. The molecule has 2 atom stereocenters. The molecule has 13 heavy (non-hydrogen) atoms. The molecule has 0 spiro atoms. The number of rotatable bonds is 1. The summed E-state index contributed by atoms with van der Waals surface area (Å²) >= 11 is 6.09. The summed E-state index contributed by atoms with van der Waals surface area (Å²) in [5.74, 6) is 0.372. The van der Waals surface area contributed by atoms with Crippen LogP contribution in [0.4, 0.5) is 0 Å². The van der Waals surface area contributed by atoms with Crippen LogP contribution < -0.4 is 0 Å². The van der Waals surface area contributed by atoms with Gasteiger partial charge in [-0.25, -0.2) is 0 Å². The zero-order valence-electron chi connectivity index (χ0n) is 7.45. The van der Waals surface area contributed by atoms with Gasteiger partial charge in [-0.2, -0.15) is 0 Å². The average Bonchev–Trinajstić information content (AvgIpc) is 2.20. The van der Waals surface area contributed by atoms with E-state index in [1.54, 1.807) is 0 Å². The maximum atomic E-state index is 6.09. The number of ether oxygens (including phenoxy) is 1. The van der Waals surface area contributed by atoms with Crippen molar-refractivity contribution in [3.8, 4) is 0 Å². The highest BCUT2D eigenvalue weighted by Gasteiger charge is 2.24. The van der Waals surface area contributed by atoms with Gasteiger partial charge in [-0.05, 0) is 18.4 Å². The largest absolute Gasteiger partial charge is 0.362 e. The van der Waals surface area contributed by atoms with E-state index in [2.05, 4.69) is 12.1 Å². The van der Waals surface area contributed by atoms with Crippen LogP contribution in [-0.4, -0.2) is 12.2 Å². The van der Waals surface area contributed by atoms with Crippen molar-refractivity contribution in [3.63, 3.8) is 0 Å². The Bertz CT molecular complexity index is 260. The molecule has 0 bridgehead atoms. The lowest BCUT2D eigenvalue weighted by Gasteiger charge is -2.27. The smallest absolute Gasteiger partial charge is 0.137 e. The molecule has 0 radical (unpaired) electrons. The van der Waals surface area contributed by atoms with E-state index in [9.17, 15) is 0 Å². The van der Waals surface area contributed by atoms with Crippen LogP contribution in [-0.2, 0) is 4.74 Å². The molecule has 2 heteroatoms. The van der Waals surface area contributed by atoms with E-state index in [0.717, 1.165) is 19.4 Å². The van der Waals surface area contributed by atoms with Crippen molar-refractivity contribution in [1.29, 1.82) is 0 Å². The SMILES string of the molecule is ClC1OCCCC1c1ccccc1. The van der Waals surface area contributed by atoms with Crippen LogP contribution in [0, 0.1) is 0 Å². The van der Waals surface area contributed by atoms with Gasteiger partial charge in [0.15, 0.2) is 0 Å². The summed E-state index contributed by atoms with van der Waals surface area (Å²) < 4.78 is 5.41. The molecule has 1 aromatic rings. The monoisotopic (exact) mass is 196 g/mol. The summed E-state index contributed by atoms with van der Waals surface area (Å²) in [6.07, 6.45) is 2.25. The Morgan fingerprint density at radius 2 is 2.00 bits per heavy atom. The average molecular weight is 197 g/mol. The minimum absolute atomic E-state index is 0.142. The molecule has 1 heterocycles. The standard InChI is InChI=1S/C11H13ClO/c12-11-10(7-4-8-13-11)9-5-2-1-3-6-9/h1-3,5-6,10-11H,4,7-8H2. The molecule has 0 aromatic heterocycles. The third kappa shape index (κ3) is 2.04. The van der Waals surface area contributed by atoms with Crippen LogP contribution in [0.2, 0.25) is 0 Å². The minimum atomic E-state index is -0.142. The number of benzene rings is 1. The van der Waals surface area contributed by atoms with Crippen molar-refractivity contribution in [1.82, 2.24) is 0 Å². The van der Waals surface area contributed by atoms with E-state index in [1.807, 2.05) is 18.2 Å². The molecule has 1 aliphatic heterocycles. The predicted molar refractivity (Wildman–Crippen MR) is 54.0 cm³/mol. The van der Waals surface area contributed by atoms with Gasteiger partial charge in [-0.15, -0.1) is 0 Å². The number of halogens is 1. The molecular weight excluding hydrogens is 184 g/mol. The maximum absolute atomic E-state index is 6.09. The first kappa shape index (κ1) is 9.04. The van der Waals surface area contributed by atoms with Gasteiger partial charge in [0.2, 0.25) is 0 Å². The Kier molecular flexibility index (Phi) is 2.87. The molecule has 2 rings (SSSR count). The number of hydrogen-bond donors (Lipinski definition) is 0. The molecule has 2 unspecified atom stereocenters. The molecule has 0 amide bonds. The molecule has 0 saturated carbocycles. The Labute approximate surface area is 83.7 Å². The van der Waals surface area contributed by atoms with Crippen LogP contribution >= 0.6 is 11.6 Å². The normalized spacial score (nSPS) is 28.7. The maximum Gasteiger partial charge on any atom is 0.137 e. The van der Waals surface area contributed by atoms with Crippen LogP contribution in [0.5, 0.6) is 0 Å². The molecule has 1 nitrogen and oxygen atoms in total. The summed E-state index contributed by atoms with van der Waals surface area (Å²) in [5.41, 5.74) is 1.15. The van der Waals surface area contributed by atoms with E-state index in [1.165, 1.54) is 5.56 Å². The van der Waals surface area contributed by atoms with Gasteiger partial charge in [0, 0.05) is 12.5 Å². The van der Waals surface area contributed by atoms with Gasteiger partial charge in [0.1, 0.15) is 5.56 Å². The molecule has 1 fully saturated rings. The molecule has 0 N–H and O–H groups in total. The van der Waals surface area contributed by atoms with Gasteiger partial charge >= 0.3 is 0 Å². The fourth-order valence-corrected chi connectivity index (χ4v) is 2.13. The molecule has 0 aliphatic carbocycles. The lowest BCUT2D eigenvalue weighted by atomic mass is 9.93. The molecular formula is C11H13ClO. The zero-order chi connectivity index (χ0) is 9.10. The van der Waals surface area contributed by atoms with Crippen molar-refractivity contribution in [2.75, 3.05) is 6.61 Å². The third-order valence-electron chi connectivity index (χ3n) is 2.48. The van der Waals surface area contributed by atoms with Gasteiger partial charge in [0.05, 0.1) is 0 Å². The summed E-state index contributed by atoms with van der Waals surface area (Å²) in [7, 11) is 0. The Morgan fingerprint density at radius 3 is 2.69 bits per heavy atom. The highest BCUT2D eigenvalue weighted by molar-refractivity contribution is 6.20. The molecule has 70 valence electrons. The van der Waals surface area contributed by atoms with Crippen LogP contribution in [0.15, 0.2) is 30.3 Å². The first-order valence-electron chi connectivity index (χ1n) is 4.68. The summed E-state index contributed by atoms with van der Waals surface area (Å²) in [6, 6.07) is 10.4. The lowest BCUT2D eigenvalue weighted by molar-refractivity contribution is 0.0511. The summed E-state index contributed by atoms with van der Waals surface area (Å²) in [5, 5.41) is 0. The second kappa shape index (κ2) is 4.12. The van der Waals surface area contributed by atoms with Crippen LogP contribution in [0.3, 0.4) is 0 Å². The van der Waals surface area contributed by atoms with E-state index in [0.29, 0.717) is 5.92 Å². The predicted octanol–water partition coefficient (Wildman–Crippen LogP) is 3.15. The highest BCUT2D eigenvalue weighted by atomic mass is 35.5. The minimum Gasteiger partial charge on any atom is -0.362 e. The Hall–Kier alpha value is -0.530. The van der Waals surface area contributed by atoms with Gasteiger partial charge in [0.25, 0.3) is 0 Å². The first-order valence-corrected chi connectivity index (χ1v) is 5.12. The first-order chi connectivity index (χ1) is 6.38. The van der Waals surface area contributed by atoms with Gasteiger partial charge < -0.3 is 4.74 Å². The summed E-state index contributed by atoms with van der Waals surface area (Å²) in [4.78, 5) is 0. The lowest BCUT2D eigenvalue weighted by Crippen LogP contribution is -2.22. The Morgan fingerprint density at radius 1 is 1.23 bits per heavy atom. The van der Waals surface area contributed by atoms with Gasteiger partial charge in [-0.1, -0.05) is 41.9 Å². The third-order valence-corrected chi connectivity index (χ3v) is 2.91. The Balaban J connectivity index is 2.15.